The molecule has 4 rings (SSSR count). The van der Waals surface area contributed by atoms with Crippen LogP contribution in [0.15, 0.2) is 48.5 Å². The van der Waals surface area contributed by atoms with Gasteiger partial charge in [-0.15, -0.1) is 0 Å². The van der Waals surface area contributed by atoms with Gasteiger partial charge >= 0.3 is 5.97 Å². The fraction of sp³-hybridized carbons (Fsp3) is 0.500. The summed E-state index contributed by atoms with van der Waals surface area (Å²) in [4.78, 5) is 13.6. The predicted molar refractivity (Wildman–Crippen MR) is 117 cm³/mol. The van der Waals surface area contributed by atoms with E-state index >= 15 is 0 Å². The number of carboxylic acid groups (broad SMARTS) is 1. The minimum atomic E-state index is -0.665. The van der Waals surface area contributed by atoms with E-state index in [4.69, 9.17) is 5.11 Å². The predicted octanol–water partition coefficient (Wildman–Crippen LogP) is 5.42. The van der Waals surface area contributed by atoms with E-state index in [1.807, 2.05) is 0 Å². The standard InChI is InChI=1S/C26H33NO2/c28-26(29)17-16-22-10-5-6-18-27(22)19-7-13-25-23-11-3-1-8-20(23)14-15-21-9-2-4-12-24(21)25/h1-4,8-9,11-12,22,25H,5-7,10,13-19H2,(H,28,29). The van der Waals surface area contributed by atoms with Crippen LogP contribution in [0.4, 0.5) is 0 Å². The van der Waals surface area contributed by atoms with E-state index in [1.54, 1.807) is 0 Å². The van der Waals surface area contributed by atoms with Crippen molar-refractivity contribution in [3.05, 3.63) is 70.8 Å². The number of fused-ring (bicyclic) bond motifs is 2. The van der Waals surface area contributed by atoms with Gasteiger partial charge < -0.3 is 10.0 Å². The minimum Gasteiger partial charge on any atom is -0.481 e. The molecule has 1 aliphatic heterocycles. The highest BCUT2D eigenvalue weighted by Crippen LogP contribution is 2.37. The number of aryl methyl sites for hydroxylation is 2. The molecule has 154 valence electrons. The number of piperidine rings is 1. The first kappa shape index (κ1) is 20.2. The summed E-state index contributed by atoms with van der Waals surface area (Å²) in [5.74, 6) is -0.186. The highest BCUT2D eigenvalue weighted by molar-refractivity contribution is 5.66. The Morgan fingerprint density at radius 2 is 1.59 bits per heavy atom. The van der Waals surface area contributed by atoms with E-state index in [-0.39, 0.29) is 0 Å². The van der Waals surface area contributed by atoms with Gasteiger partial charge in [0.1, 0.15) is 0 Å². The fourth-order valence-corrected chi connectivity index (χ4v) is 5.42. The molecule has 1 aliphatic carbocycles. The maximum absolute atomic E-state index is 11.0. The monoisotopic (exact) mass is 391 g/mol. The van der Waals surface area contributed by atoms with Crippen molar-refractivity contribution < 1.29 is 9.90 Å². The van der Waals surface area contributed by atoms with Crippen LogP contribution in [-0.4, -0.2) is 35.1 Å². The van der Waals surface area contributed by atoms with E-state index in [0.29, 0.717) is 18.4 Å². The number of carboxylic acids is 1. The molecule has 3 nitrogen and oxygen atoms in total. The average molecular weight is 392 g/mol. The zero-order valence-electron chi connectivity index (χ0n) is 17.4. The summed E-state index contributed by atoms with van der Waals surface area (Å²) in [5.41, 5.74) is 6.04. The number of hydrogen-bond acceptors (Lipinski definition) is 2. The summed E-state index contributed by atoms with van der Waals surface area (Å²) in [7, 11) is 0. The number of benzene rings is 2. The van der Waals surface area contributed by atoms with Crippen LogP contribution in [0.3, 0.4) is 0 Å². The van der Waals surface area contributed by atoms with Gasteiger partial charge in [0.15, 0.2) is 0 Å². The Kier molecular flexibility index (Phi) is 6.66. The summed E-state index contributed by atoms with van der Waals surface area (Å²) in [5, 5.41) is 9.07. The van der Waals surface area contributed by atoms with Crippen molar-refractivity contribution in [2.75, 3.05) is 13.1 Å². The molecule has 1 fully saturated rings. The van der Waals surface area contributed by atoms with Gasteiger partial charge in [-0.25, -0.2) is 0 Å². The van der Waals surface area contributed by atoms with Crippen LogP contribution in [-0.2, 0) is 17.6 Å². The third-order valence-corrected chi connectivity index (χ3v) is 6.90. The van der Waals surface area contributed by atoms with Crippen LogP contribution < -0.4 is 0 Å². The largest absolute Gasteiger partial charge is 0.481 e. The van der Waals surface area contributed by atoms with Crippen molar-refractivity contribution in [1.29, 1.82) is 0 Å². The molecule has 2 aromatic carbocycles. The lowest BCUT2D eigenvalue weighted by molar-refractivity contribution is -0.137. The van der Waals surface area contributed by atoms with Crippen molar-refractivity contribution >= 4 is 5.97 Å². The van der Waals surface area contributed by atoms with Crippen LogP contribution in [0.2, 0.25) is 0 Å². The maximum atomic E-state index is 11.0. The average Bonchev–Trinajstić information content (AvgIpc) is 2.90. The minimum absolute atomic E-state index is 0.296. The molecule has 0 radical (unpaired) electrons. The molecular weight excluding hydrogens is 358 g/mol. The lowest BCUT2D eigenvalue weighted by Crippen LogP contribution is -2.40. The van der Waals surface area contributed by atoms with E-state index in [1.165, 1.54) is 35.1 Å². The van der Waals surface area contributed by atoms with Gasteiger partial charge in [0.05, 0.1) is 0 Å². The number of hydrogen-bond donors (Lipinski definition) is 1. The Balaban J connectivity index is 1.46. The van der Waals surface area contributed by atoms with Crippen molar-refractivity contribution in [2.45, 2.75) is 69.7 Å². The summed E-state index contributed by atoms with van der Waals surface area (Å²) >= 11 is 0. The molecule has 1 saturated heterocycles. The summed E-state index contributed by atoms with van der Waals surface area (Å²) in [6, 6.07) is 18.4. The SMILES string of the molecule is O=C(O)CCC1CCCCN1CCCC1c2ccccc2CCc2ccccc21. The molecule has 0 spiro atoms. The van der Waals surface area contributed by atoms with Crippen molar-refractivity contribution in [1.82, 2.24) is 4.90 Å². The van der Waals surface area contributed by atoms with E-state index in [9.17, 15) is 4.79 Å². The van der Waals surface area contributed by atoms with Crippen LogP contribution in [0.5, 0.6) is 0 Å². The molecule has 0 bridgehead atoms. The third kappa shape index (κ3) is 4.90. The van der Waals surface area contributed by atoms with Crippen LogP contribution in [0.1, 0.15) is 73.1 Å². The molecule has 29 heavy (non-hydrogen) atoms. The van der Waals surface area contributed by atoms with Gasteiger partial charge in [0.2, 0.25) is 0 Å². The number of nitrogens with zero attached hydrogens (tertiary/aromatic N) is 1. The van der Waals surface area contributed by atoms with Gasteiger partial charge in [-0.3, -0.25) is 4.79 Å². The van der Waals surface area contributed by atoms with Gasteiger partial charge in [-0.2, -0.15) is 0 Å². The highest BCUT2D eigenvalue weighted by Gasteiger charge is 2.25. The molecule has 1 heterocycles. The number of carbonyl (C=O) groups is 1. The van der Waals surface area contributed by atoms with Gasteiger partial charge in [-0.1, -0.05) is 55.0 Å². The molecule has 0 aromatic heterocycles. The van der Waals surface area contributed by atoms with E-state index in [2.05, 4.69) is 53.4 Å². The lowest BCUT2D eigenvalue weighted by atomic mass is 9.84. The Morgan fingerprint density at radius 1 is 0.931 bits per heavy atom. The van der Waals surface area contributed by atoms with Crippen molar-refractivity contribution in [3.8, 4) is 0 Å². The molecule has 0 saturated carbocycles. The van der Waals surface area contributed by atoms with E-state index < -0.39 is 5.97 Å². The second kappa shape index (κ2) is 9.58. The number of aliphatic carboxylic acids is 1. The molecule has 1 atom stereocenters. The van der Waals surface area contributed by atoms with Crippen LogP contribution in [0, 0.1) is 0 Å². The first-order chi connectivity index (χ1) is 14.2. The molecule has 1 N–H and O–H groups in total. The molecule has 1 unspecified atom stereocenters. The first-order valence-corrected chi connectivity index (χ1v) is 11.3. The zero-order chi connectivity index (χ0) is 20.1. The summed E-state index contributed by atoms with van der Waals surface area (Å²) in [6.45, 7) is 2.22. The summed E-state index contributed by atoms with van der Waals surface area (Å²) < 4.78 is 0. The topological polar surface area (TPSA) is 40.5 Å². The molecule has 2 aromatic rings. The Bertz CT molecular complexity index is 783. The third-order valence-electron chi connectivity index (χ3n) is 6.90. The number of likely N-dealkylation sites (tertiary alicyclic amines) is 1. The van der Waals surface area contributed by atoms with Gasteiger partial charge in [-0.05, 0) is 80.3 Å². The lowest BCUT2D eigenvalue weighted by Gasteiger charge is -2.36. The summed E-state index contributed by atoms with van der Waals surface area (Å²) in [6.07, 6.45) is 9.33. The molecule has 3 heteroatoms. The smallest absolute Gasteiger partial charge is 0.303 e. The second-order valence-electron chi connectivity index (χ2n) is 8.71. The van der Waals surface area contributed by atoms with Crippen LogP contribution in [0.25, 0.3) is 0 Å². The maximum Gasteiger partial charge on any atom is 0.303 e. The first-order valence-electron chi connectivity index (χ1n) is 11.3. The molecule has 2 aliphatic rings. The number of rotatable bonds is 7. The quantitative estimate of drug-likeness (QED) is 0.685. The normalized spacial score (nSPS) is 19.9. The Labute approximate surface area is 174 Å². The zero-order valence-corrected chi connectivity index (χ0v) is 17.4. The second-order valence-corrected chi connectivity index (χ2v) is 8.71. The van der Waals surface area contributed by atoms with Crippen molar-refractivity contribution in [2.24, 2.45) is 0 Å². The molecule has 0 amide bonds. The Morgan fingerprint density at radius 3 is 2.24 bits per heavy atom. The molecular formula is C26H33NO2. The Hall–Kier alpha value is -2.13. The van der Waals surface area contributed by atoms with E-state index in [0.717, 1.165) is 51.6 Å². The van der Waals surface area contributed by atoms with Gasteiger partial charge in [0, 0.05) is 18.4 Å². The van der Waals surface area contributed by atoms with Gasteiger partial charge in [0.25, 0.3) is 0 Å². The van der Waals surface area contributed by atoms with Crippen LogP contribution >= 0.6 is 0 Å². The highest BCUT2D eigenvalue weighted by atomic mass is 16.4. The van der Waals surface area contributed by atoms with Crippen molar-refractivity contribution in [3.63, 3.8) is 0 Å². The fourth-order valence-electron chi connectivity index (χ4n) is 5.42.